The van der Waals surface area contributed by atoms with Crippen molar-refractivity contribution in [2.24, 2.45) is 4.99 Å². The second-order valence-electron chi connectivity index (χ2n) is 7.73. The van der Waals surface area contributed by atoms with Crippen molar-refractivity contribution in [1.29, 1.82) is 0 Å². The molecule has 4 aromatic rings. The molecule has 0 unspecified atom stereocenters. The van der Waals surface area contributed by atoms with Crippen molar-refractivity contribution >= 4 is 63.7 Å². The minimum atomic E-state index is 0.560. The Morgan fingerprint density at radius 2 is 1.74 bits per heavy atom. The van der Waals surface area contributed by atoms with Crippen molar-refractivity contribution in [2.75, 3.05) is 29.7 Å². The third-order valence-electron chi connectivity index (χ3n) is 5.43. The predicted molar refractivity (Wildman–Crippen MR) is 150 cm³/mol. The summed E-state index contributed by atoms with van der Waals surface area (Å²) in [5.74, 6) is 1.12. The Labute approximate surface area is 219 Å². The first-order valence-corrected chi connectivity index (χ1v) is 13.2. The number of anilines is 1. The molecule has 0 fully saturated rings. The van der Waals surface area contributed by atoms with Crippen molar-refractivity contribution in [3.63, 3.8) is 0 Å². The lowest BCUT2D eigenvalue weighted by atomic mass is 10.1. The van der Waals surface area contributed by atoms with Crippen LogP contribution >= 0.6 is 46.1 Å². The van der Waals surface area contributed by atoms with Crippen LogP contribution in [0.4, 0.5) is 11.4 Å². The molecule has 0 N–H and O–H groups in total. The van der Waals surface area contributed by atoms with Crippen LogP contribution in [-0.2, 0) is 0 Å². The molecular formula is C27H24Cl3N3S. The fourth-order valence-corrected chi connectivity index (χ4v) is 5.13. The number of nitrogens with zero attached hydrogens (tertiary/aromatic N) is 3. The summed E-state index contributed by atoms with van der Waals surface area (Å²) in [6.45, 7) is 3.60. The van der Waals surface area contributed by atoms with Gasteiger partial charge in [-0.3, -0.25) is 4.99 Å². The molecule has 174 valence electrons. The smallest absolute Gasteiger partial charge is 0.124 e. The van der Waals surface area contributed by atoms with Gasteiger partial charge in [0.2, 0.25) is 0 Å². The fourth-order valence-electron chi connectivity index (χ4n) is 3.62. The van der Waals surface area contributed by atoms with Gasteiger partial charge in [-0.05, 0) is 48.4 Å². The van der Waals surface area contributed by atoms with Gasteiger partial charge >= 0.3 is 0 Å². The summed E-state index contributed by atoms with van der Waals surface area (Å²) >= 11 is 20.1. The van der Waals surface area contributed by atoms with Crippen molar-refractivity contribution < 1.29 is 0 Å². The predicted octanol–water partition coefficient (Wildman–Crippen LogP) is 8.47. The summed E-state index contributed by atoms with van der Waals surface area (Å²) in [6.07, 6.45) is 1.87. The van der Waals surface area contributed by atoms with Crippen molar-refractivity contribution in [3.05, 3.63) is 88.3 Å². The van der Waals surface area contributed by atoms with E-state index in [1.807, 2.05) is 48.0 Å². The molecule has 0 saturated heterocycles. The van der Waals surface area contributed by atoms with Crippen LogP contribution < -0.4 is 4.90 Å². The van der Waals surface area contributed by atoms with Crippen LogP contribution in [-0.4, -0.2) is 36.0 Å². The lowest BCUT2D eigenvalue weighted by Gasteiger charge is -2.23. The third kappa shape index (κ3) is 6.00. The second kappa shape index (κ2) is 11.9. The Hall–Kier alpha value is -2.37. The highest BCUT2D eigenvalue weighted by Crippen LogP contribution is 2.34. The number of halogens is 3. The van der Waals surface area contributed by atoms with Gasteiger partial charge in [0.05, 0.1) is 16.4 Å². The summed E-state index contributed by atoms with van der Waals surface area (Å²) in [7, 11) is 0. The molecule has 0 bridgehead atoms. The molecule has 0 spiro atoms. The highest BCUT2D eigenvalue weighted by Gasteiger charge is 2.11. The van der Waals surface area contributed by atoms with E-state index in [0.717, 1.165) is 57.4 Å². The van der Waals surface area contributed by atoms with Crippen LogP contribution in [0.15, 0.2) is 77.1 Å². The van der Waals surface area contributed by atoms with Crippen LogP contribution in [0.2, 0.25) is 5.02 Å². The number of alkyl halides is 2. The summed E-state index contributed by atoms with van der Waals surface area (Å²) in [4.78, 5) is 11.6. The Morgan fingerprint density at radius 3 is 2.41 bits per heavy atom. The molecule has 0 radical (unpaired) electrons. The summed E-state index contributed by atoms with van der Waals surface area (Å²) < 4.78 is 0. The first-order chi connectivity index (χ1) is 16.6. The molecule has 34 heavy (non-hydrogen) atoms. The minimum absolute atomic E-state index is 0.560. The maximum Gasteiger partial charge on any atom is 0.124 e. The quantitative estimate of drug-likeness (QED) is 0.161. The van der Waals surface area contributed by atoms with E-state index in [2.05, 4.69) is 47.1 Å². The van der Waals surface area contributed by atoms with Crippen molar-refractivity contribution in [2.45, 2.75) is 6.92 Å². The monoisotopic (exact) mass is 527 g/mol. The van der Waals surface area contributed by atoms with Crippen LogP contribution in [0.25, 0.3) is 21.8 Å². The zero-order valence-electron chi connectivity index (χ0n) is 18.7. The van der Waals surface area contributed by atoms with E-state index in [1.54, 1.807) is 11.3 Å². The lowest BCUT2D eigenvalue weighted by Crippen LogP contribution is -2.27. The van der Waals surface area contributed by atoms with Gasteiger partial charge in [-0.25, -0.2) is 4.98 Å². The standard InChI is InChI=1S/C27H24Cl3N3S/c1-19-15-23(33(13-11-28)14-12-29)9-7-21(19)17-31-22-8-10-24(25(30)16-22)26-18-34-27(32-26)20-5-3-2-4-6-20/h2-10,15-18H,11-14H2,1H3. The minimum Gasteiger partial charge on any atom is -0.369 e. The van der Waals surface area contributed by atoms with Crippen LogP contribution in [0.1, 0.15) is 11.1 Å². The molecule has 0 aliphatic carbocycles. The van der Waals surface area contributed by atoms with E-state index in [4.69, 9.17) is 39.8 Å². The van der Waals surface area contributed by atoms with Gasteiger partial charge in [0, 0.05) is 53.3 Å². The highest BCUT2D eigenvalue weighted by atomic mass is 35.5. The topological polar surface area (TPSA) is 28.5 Å². The summed E-state index contributed by atoms with van der Waals surface area (Å²) in [6, 6.07) is 22.3. The number of hydrogen-bond acceptors (Lipinski definition) is 4. The maximum atomic E-state index is 6.61. The van der Waals surface area contributed by atoms with E-state index < -0.39 is 0 Å². The molecule has 0 atom stereocenters. The third-order valence-corrected chi connectivity index (χ3v) is 6.98. The van der Waals surface area contributed by atoms with Gasteiger partial charge in [0.1, 0.15) is 5.01 Å². The highest BCUT2D eigenvalue weighted by molar-refractivity contribution is 7.13. The van der Waals surface area contributed by atoms with Crippen LogP contribution in [0.5, 0.6) is 0 Å². The average Bonchev–Trinajstić information content (AvgIpc) is 3.34. The van der Waals surface area contributed by atoms with E-state index >= 15 is 0 Å². The Balaban J connectivity index is 1.51. The normalized spacial score (nSPS) is 11.3. The zero-order chi connectivity index (χ0) is 23.9. The fraction of sp³-hybridized carbons (Fsp3) is 0.185. The molecule has 7 heteroatoms. The van der Waals surface area contributed by atoms with Crippen LogP contribution in [0, 0.1) is 6.92 Å². The second-order valence-corrected chi connectivity index (χ2v) is 9.75. The molecular weight excluding hydrogens is 505 g/mol. The molecule has 3 nitrogen and oxygen atoms in total. The number of aromatic nitrogens is 1. The molecule has 1 heterocycles. The van der Waals surface area contributed by atoms with E-state index in [1.165, 1.54) is 0 Å². The molecule has 3 aromatic carbocycles. The van der Waals surface area contributed by atoms with Crippen molar-refractivity contribution in [3.8, 4) is 21.8 Å². The first-order valence-electron chi connectivity index (χ1n) is 10.9. The van der Waals surface area contributed by atoms with Gasteiger partial charge in [0.15, 0.2) is 0 Å². The number of benzene rings is 3. The van der Waals surface area contributed by atoms with Gasteiger partial charge in [0.25, 0.3) is 0 Å². The first kappa shape index (κ1) is 24.7. The van der Waals surface area contributed by atoms with Gasteiger partial charge in [-0.2, -0.15) is 0 Å². The summed E-state index contributed by atoms with van der Waals surface area (Å²) in [5, 5.41) is 3.64. The number of thiazole rings is 1. The summed E-state index contributed by atoms with van der Waals surface area (Å²) in [5.41, 5.74) is 6.96. The van der Waals surface area contributed by atoms with E-state index in [-0.39, 0.29) is 0 Å². The Kier molecular flexibility index (Phi) is 8.63. The number of hydrogen-bond donors (Lipinski definition) is 0. The molecule has 4 rings (SSSR count). The van der Waals surface area contributed by atoms with Gasteiger partial charge in [-0.1, -0.05) is 48.0 Å². The zero-order valence-corrected chi connectivity index (χ0v) is 21.8. The molecule has 1 aromatic heterocycles. The number of aryl methyl sites for hydroxylation is 1. The number of aliphatic imine (C=N–C) groups is 1. The Bertz CT molecular complexity index is 1270. The lowest BCUT2D eigenvalue weighted by molar-refractivity contribution is 0.873. The van der Waals surface area contributed by atoms with E-state index in [0.29, 0.717) is 16.8 Å². The maximum absolute atomic E-state index is 6.61. The average molecular weight is 529 g/mol. The largest absolute Gasteiger partial charge is 0.369 e. The van der Waals surface area contributed by atoms with E-state index in [9.17, 15) is 0 Å². The van der Waals surface area contributed by atoms with Gasteiger partial charge < -0.3 is 4.90 Å². The molecule has 0 saturated carbocycles. The SMILES string of the molecule is Cc1cc(N(CCCl)CCCl)ccc1C=Nc1ccc(-c2csc(-c3ccccc3)n2)c(Cl)c1. The molecule has 0 aliphatic heterocycles. The Morgan fingerprint density at radius 1 is 0.971 bits per heavy atom. The van der Waals surface area contributed by atoms with Gasteiger partial charge in [-0.15, -0.1) is 34.5 Å². The van der Waals surface area contributed by atoms with Crippen LogP contribution in [0.3, 0.4) is 0 Å². The molecule has 0 aliphatic rings. The molecule has 0 amide bonds. The number of rotatable bonds is 9. The van der Waals surface area contributed by atoms with Crippen molar-refractivity contribution in [1.82, 2.24) is 4.98 Å².